The highest BCUT2D eigenvalue weighted by atomic mass is 35.5. The fourth-order valence-corrected chi connectivity index (χ4v) is 3.04. The predicted molar refractivity (Wildman–Crippen MR) is 89.6 cm³/mol. The summed E-state index contributed by atoms with van der Waals surface area (Å²) in [6.45, 7) is 4.00. The number of alkyl halides is 2. The van der Waals surface area contributed by atoms with Gasteiger partial charge < -0.3 is 4.52 Å². The van der Waals surface area contributed by atoms with Crippen LogP contribution in [0.25, 0.3) is 11.6 Å². The zero-order chi connectivity index (χ0) is 18.9. The van der Waals surface area contributed by atoms with Crippen LogP contribution >= 0.6 is 11.6 Å². The number of nitrogens with zero attached hydrogens (tertiary/aromatic N) is 3. The SMILES string of the molecule is CC.Fc1ccc(C2(c3noc(-c4cc(C(F)F)[nH]n4)n3)CC2)c(Cl)c1. The average molecular weight is 385 g/mol. The van der Waals surface area contributed by atoms with Crippen molar-refractivity contribution in [1.29, 1.82) is 0 Å². The number of hydrogen-bond acceptors (Lipinski definition) is 4. The number of aromatic amines is 1. The molecule has 0 amide bonds. The molecule has 5 nitrogen and oxygen atoms in total. The van der Waals surface area contributed by atoms with Gasteiger partial charge in [-0.25, -0.2) is 13.2 Å². The first-order valence-electron chi connectivity index (χ1n) is 8.13. The molecule has 0 aliphatic heterocycles. The Bertz CT molecular complexity index is 905. The molecule has 1 aromatic carbocycles. The van der Waals surface area contributed by atoms with Gasteiger partial charge in [0.2, 0.25) is 0 Å². The lowest BCUT2D eigenvalue weighted by Gasteiger charge is -2.12. The number of benzene rings is 1. The van der Waals surface area contributed by atoms with E-state index in [1.165, 1.54) is 12.1 Å². The Hall–Kier alpha value is -2.35. The van der Waals surface area contributed by atoms with Gasteiger partial charge in [0.25, 0.3) is 12.3 Å². The Morgan fingerprint density at radius 3 is 2.54 bits per heavy atom. The Morgan fingerprint density at radius 2 is 1.96 bits per heavy atom. The average Bonchev–Trinajstić information content (AvgIpc) is 3.06. The second-order valence-corrected chi connectivity index (χ2v) is 6.05. The number of rotatable bonds is 4. The van der Waals surface area contributed by atoms with Crippen LogP contribution in [-0.4, -0.2) is 20.3 Å². The van der Waals surface area contributed by atoms with Crippen LogP contribution in [0.5, 0.6) is 0 Å². The van der Waals surface area contributed by atoms with E-state index in [-0.39, 0.29) is 17.3 Å². The van der Waals surface area contributed by atoms with Crippen molar-refractivity contribution >= 4 is 11.6 Å². The zero-order valence-corrected chi connectivity index (χ0v) is 14.8. The lowest BCUT2D eigenvalue weighted by Crippen LogP contribution is -2.11. The van der Waals surface area contributed by atoms with Crippen molar-refractivity contribution in [2.24, 2.45) is 0 Å². The molecule has 2 aromatic heterocycles. The van der Waals surface area contributed by atoms with E-state index in [9.17, 15) is 13.2 Å². The van der Waals surface area contributed by atoms with Gasteiger partial charge in [0, 0.05) is 5.02 Å². The molecular weight excluding hydrogens is 369 g/mol. The fourth-order valence-electron chi connectivity index (χ4n) is 2.70. The summed E-state index contributed by atoms with van der Waals surface area (Å²) in [5.41, 5.74) is -0.000264. The van der Waals surface area contributed by atoms with Crippen LogP contribution in [0.1, 0.15) is 50.2 Å². The molecule has 1 saturated carbocycles. The van der Waals surface area contributed by atoms with Crippen molar-refractivity contribution in [2.75, 3.05) is 0 Å². The molecule has 0 unspecified atom stereocenters. The minimum atomic E-state index is -2.67. The quantitative estimate of drug-likeness (QED) is 0.663. The van der Waals surface area contributed by atoms with Crippen LogP contribution in [-0.2, 0) is 5.41 Å². The third kappa shape index (κ3) is 3.21. The first-order valence-corrected chi connectivity index (χ1v) is 8.51. The Morgan fingerprint density at radius 1 is 1.23 bits per heavy atom. The van der Waals surface area contributed by atoms with Gasteiger partial charge >= 0.3 is 0 Å². The van der Waals surface area contributed by atoms with Crippen molar-refractivity contribution in [2.45, 2.75) is 38.5 Å². The Labute approximate surface area is 152 Å². The summed E-state index contributed by atoms with van der Waals surface area (Å²) in [5, 5.41) is 10.2. The molecule has 26 heavy (non-hydrogen) atoms. The highest BCUT2D eigenvalue weighted by Gasteiger charge is 2.51. The summed E-state index contributed by atoms with van der Waals surface area (Å²) in [4.78, 5) is 4.27. The van der Waals surface area contributed by atoms with Gasteiger partial charge in [-0.15, -0.1) is 0 Å². The molecule has 9 heteroatoms. The molecular formula is C17H16ClF3N4O. The summed E-state index contributed by atoms with van der Waals surface area (Å²) in [7, 11) is 0. The summed E-state index contributed by atoms with van der Waals surface area (Å²) in [6.07, 6.45) is -1.19. The van der Waals surface area contributed by atoms with E-state index in [0.717, 1.165) is 18.9 Å². The molecule has 138 valence electrons. The maximum absolute atomic E-state index is 13.2. The van der Waals surface area contributed by atoms with Gasteiger partial charge in [-0.3, -0.25) is 5.10 Å². The first kappa shape index (κ1) is 18.4. The van der Waals surface area contributed by atoms with Crippen LogP contribution < -0.4 is 0 Å². The van der Waals surface area contributed by atoms with Crippen LogP contribution in [0, 0.1) is 5.82 Å². The van der Waals surface area contributed by atoms with E-state index in [2.05, 4.69) is 20.3 Å². The highest BCUT2D eigenvalue weighted by Crippen LogP contribution is 2.54. The first-order chi connectivity index (χ1) is 12.5. The minimum Gasteiger partial charge on any atom is -0.332 e. The monoisotopic (exact) mass is 384 g/mol. The highest BCUT2D eigenvalue weighted by molar-refractivity contribution is 6.31. The summed E-state index contributed by atoms with van der Waals surface area (Å²) >= 11 is 6.14. The van der Waals surface area contributed by atoms with Crippen molar-refractivity contribution in [1.82, 2.24) is 20.3 Å². The van der Waals surface area contributed by atoms with Crippen LogP contribution in [0.2, 0.25) is 5.02 Å². The molecule has 0 bridgehead atoms. The van der Waals surface area contributed by atoms with Crippen molar-refractivity contribution < 1.29 is 17.7 Å². The van der Waals surface area contributed by atoms with E-state index in [0.29, 0.717) is 16.4 Å². The smallest absolute Gasteiger partial charge is 0.279 e. The molecule has 4 rings (SSSR count). The van der Waals surface area contributed by atoms with E-state index in [1.807, 2.05) is 13.8 Å². The molecule has 0 saturated heterocycles. The number of H-pyrrole nitrogens is 1. The van der Waals surface area contributed by atoms with E-state index >= 15 is 0 Å². The number of hydrogen-bond donors (Lipinski definition) is 1. The van der Waals surface area contributed by atoms with Crippen LogP contribution in [0.15, 0.2) is 28.8 Å². The van der Waals surface area contributed by atoms with Crippen molar-refractivity contribution in [3.05, 3.63) is 52.2 Å². The molecule has 1 fully saturated rings. The van der Waals surface area contributed by atoms with Gasteiger partial charge in [0.15, 0.2) is 11.5 Å². The molecule has 2 heterocycles. The molecule has 0 radical (unpaired) electrons. The van der Waals surface area contributed by atoms with E-state index in [1.54, 1.807) is 6.07 Å². The second kappa shape index (κ2) is 7.11. The number of nitrogens with one attached hydrogen (secondary N) is 1. The topological polar surface area (TPSA) is 67.6 Å². The summed E-state index contributed by atoms with van der Waals surface area (Å²) in [5.74, 6) is -0.00494. The Balaban J connectivity index is 0.000000948. The van der Waals surface area contributed by atoms with Gasteiger partial charge in [0.05, 0.1) is 5.41 Å². The van der Waals surface area contributed by atoms with Crippen LogP contribution in [0.3, 0.4) is 0 Å². The van der Waals surface area contributed by atoms with E-state index < -0.39 is 17.7 Å². The largest absolute Gasteiger partial charge is 0.332 e. The lowest BCUT2D eigenvalue weighted by molar-refractivity contribution is 0.146. The minimum absolute atomic E-state index is 0.0395. The third-order valence-electron chi connectivity index (χ3n) is 4.10. The van der Waals surface area contributed by atoms with Gasteiger partial charge in [-0.05, 0) is 36.6 Å². The maximum Gasteiger partial charge on any atom is 0.279 e. The fraction of sp³-hybridized carbons (Fsp3) is 0.353. The zero-order valence-electron chi connectivity index (χ0n) is 14.1. The van der Waals surface area contributed by atoms with Gasteiger partial charge in [-0.2, -0.15) is 10.1 Å². The van der Waals surface area contributed by atoms with Gasteiger partial charge in [0.1, 0.15) is 11.5 Å². The molecule has 0 spiro atoms. The predicted octanol–water partition coefficient (Wildman–Crippen LogP) is 5.30. The molecule has 0 atom stereocenters. The van der Waals surface area contributed by atoms with Crippen LogP contribution in [0.4, 0.5) is 13.2 Å². The number of halogens is 4. The molecule has 3 aromatic rings. The summed E-state index contributed by atoms with van der Waals surface area (Å²) in [6, 6.07) is 5.32. The Kier molecular flexibility index (Phi) is 5.04. The molecule has 1 N–H and O–H groups in total. The number of aromatic nitrogens is 4. The van der Waals surface area contributed by atoms with Gasteiger partial charge in [-0.1, -0.05) is 36.7 Å². The standard InChI is InChI=1S/C15H10ClF3N4O.C2H6/c16-9-5-7(17)1-2-8(9)15(3-4-15)14-20-13(24-23-14)11-6-10(12(18)19)21-22-11;1-2/h1-2,5-6,12H,3-4H2,(H,21,22);1-2H3. The maximum atomic E-state index is 13.2. The second-order valence-electron chi connectivity index (χ2n) is 5.64. The molecule has 1 aliphatic carbocycles. The third-order valence-corrected chi connectivity index (χ3v) is 4.42. The summed E-state index contributed by atoms with van der Waals surface area (Å²) < 4.78 is 43.6. The van der Waals surface area contributed by atoms with E-state index in [4.69, 9.17) is 16.1 Å². The normalized spacial score (nSPS) is 14.9. The van der Waals surface area contributed by atoms with Crippen molar-refractivity contribution in [3.8, 4) is 11.6 Å². The van der Waals surface area contributed by atoms with Crippen molar-refractivity contribution in [3.63, 3.8) is 0 Å². The molecule has 1 aliphatic rings. The lowest BCUT2D eigenvalue weighted by atomic mass is 9.95.